The minimum absolute atomic E-state index is 0. The maximum Gasteiger partial charge on any atom is 0.188 e. The summed E-state index contributed by atoms with van der Waals surface area (Å²) >= 11 is 0. The number of nitrogens with one attached hydrogen (secondary N) is 1. The van der Waals surface area contributed by atoms with Gasteiger partial charge in [-0.2, -0.15) is 0 Å². The van der Waals surface area contributed by atoms with Gasteiger partial charge in [0.2, 0.25) is 0 Å². The molecule has 0 aromatic heterocycles. The van der Waals surface area contributed by atoms with Gasteiger partial charge in [-0.05, 0) is 46.2 Å². The third kappa shape index (κ3) is 9.15. The van der Waals surface area contributed by atoms with Gasteiger partial charge in [0, 0.05) is 25.8 Å². The summed E-state index contributed by atoms with van der Waals surface area (Å²) in [5.41, 5.74) is 5.95. The van der Waals surface area contributed by atoms with E-state index >= 15 is 0 Å². The second-order valence-electron chi connectivity index (χ2n) is 6.13. The molecule has 5 nitrogen and oxygen atoms in total. The molecule has 1 unspecified atom stereocenters. The Hall–Kier alpha value is -0.0800. The van der Waals surface area contributed by atoms with E-state index in [2.05, 4.69) is 29.3 Å². The van der Waals surface area contributed by atoms with Gasteiger partial charge in [-0.1, -0.05) is 19.3 Å². The van der Waals surface area contributed by atoms with Crippen LogP contribution in [0, 0.1) is 5.92 Å². The molecule has 1 aliphatic carbocycles. The lowest BCUT2D eigenvalue weighted by Gasteiger charge is -2.33. The predicted octanol–water partition coefficient (Wildman–Crippen LogP) is 2.45. The van der Waals surface area contributed by atoms with Crippen LogP contribution in [0.25, 0.3) is 0 Å². The van der Waals surface area contributed by atoms with Gasteiger partial charge in [0.1, 0.15) is 0 Å². The Bertz CT molecular complexity index is 294. The number of ether oxygens (including phenoxy) is 1. The van der Waals surface area contributed by atoms with Crippen LogP contribution in [0.15, 0.2) is 4.99 Å². The highest BCUT2D eigenvalue weighted by Crippen LogP contribution is 2.28. The molecular formula is C16H35IN4O. The highest BCUT2D eigenvalue weighted by molar-refractivity contribution is 14.0. The fourth-order valence-corrected chi connectivity index (χ4v) is 3.04. The van der Waals surface area contributed by atoms with E-state index in [0.717, 1.165) is 38.6 Å². The lowest BCUT2D eigenvalue weighted by molar-refractivity contribution is 0.145. The molecule has 1 aliphatic rings. The first-order chi connectivity index (χ1) is 10.1. The smallest absolute Gasteiger partial charge is 0.188 e. The van der Waals surface area contributed by atoms with E-state index in [1.54, 1.807) is 0 Å². The van der Waals surface area contributed by atoms with Gasteiger partial charge in [-0.25, -0.2) is 0 Å². The quantitative estimate of drug-likeness (QED) is 0.257. The van der Waals surface area contributed by atoms with Crippen molar-refractivity contribution in [2.45, 2.75) is 51.5 Å². The number of halogens is 1. The molecule has 6 heteroatoms. The summed E-state index contributed by atoms with van der Waals surface area (Å²) in [4.78, 5) is 6.85. The summed E-state index contributed by atoms with van der Waals surface area (Å²) in [5.74, 6) is 1.33. The van der Waals surface area contributed by atoms with Crippen molar-refractivity contribution >= 4 is 29.9 Å². The van der Waals surface area contributed by atoms with E-state index in [9.17, 15) is 0 Å². The molecule has 0 spiro atoms. The lowest BCUT2D eigenvalue weighted by Crippen LogP contribution is -2.40. The first kappa shape index (κ1) is 21.9. The Morgan fingerprint density at radius 1 is 1.32 bits per heavy atom. The maximum absolute atomic E-state index is 5.95. The molecule has 22 heavy (non-hydrogen) atoms. The van der Waals surface area contributed by atoms with Gasteiger partial charge in [0.15, 0.2) is 5.96 Å². The van der Waals surface area contributed by atoms with Gasteiger partial charge in [-0.15, -0.1) is 24.0 Å². The average Bonchev–Trinajstić information content (AvgIpc) is 2.48. The Morgan fingerprint density at radius 2 is 2.00 bits per heavy atom. The molecule has 0 aromatic rings. The molecule has 0 amide bonds. The van der Waals surface area contributed by atoms with E-state index in [-0.39, 0.29) is 24.0 Å². The van der Waals surface area contributed by atoms with Crippen molar-refractivity contribution in [3.05, 3.63) is 0 Å². The molecule has 0 bridgehead atoms. The van der Waals surface area contributed by atoms with E-state index < -0.39 is 0 Å². The van der Waals surface area contributed by atoms with Gasteiger partial charge < -0.3 is 20.7 Å². The number of rotatable bonds is 9. The predicted molar refractivity (Wildman–Crippen MR) is 105 cm³/mol. The molecule has 0 aromatic carbocycles. The van der Waals surface area contributed by atoms with E-state index in [1.807, 2.05) is 6.92 Å². The third-order valence-electron chi connectivity index (χ3n) is 4.28. The van der Waals surface area contributed by atoms with E-state index in [1.165, 1.54) is 32.1 Å². The van der Waals surface area contributed by atoms with Crippen molar-refractivity contribution in [2.75, 3.05) is 40.4 Å². The van der Waals surface area contributed by atoms with Gasteiger partial charge in [-0.3, -0.25) is 4.99 Å². The highest BCUT2D eigenvalue weighted by Gasteiger charge is 2.24. The Balaban J connectivity index is 0.00000441. The summed E-state index contributed by atoms with van der Waals surface area (Å²) in [5, 5.41) is 3.17. The average molecular weight is 426 g/mol. The highest BCUT2D eigenvalue weighted by atomic mass is 127. The molecule has 1 saturated carbocycles. The fraction of sp³-hybridized carbons (Fsp3) is 0.938. The number of hydrogen-bond donors (Lipinski definition) is 2. The SMILES string of the molecule is CCOCCCNC(N)=NCC(C1CCCCC1)N(C)C.I. The number of likely N-dealkylation sites (N-methyl/N-ethyl adjacent to an activating group) is 1. The second kappa shape index (κ2) is 13.4. The number of nitrogens with two attached hydrogens (primary N) is 1. The molecule has 132 valence electrons. The van der Waals surface area contributed by atoms with Crippen molar-refractivity contribution in [1.29, 1.82) is 0 Å². The Labute approximate surface area is 153 Å². The van der Waals surface area contributed by atoms with Gasteiger partial charge in [0.05, 0.1) is 6.54 Å². The van der Waals surface area contributed by atoms with Crippen LogP contribution in [0.3, 0.4) is 0 Å². The zero-order valence-corrected chi connectivity index (χ0v) is 16.8. The zero-order valence-electron chi connectivity index (χ0n) is 14.5. The molecule has 1 atom stereocenters. The third-order valence-corrected chi connectivity index (χ3v) is 4.28. The van der Waals surface area contributed by atoms with Crippen molar-refractivity contribution in [1.82, 2.24) is 10.2 Å². The second-order valence-corrected chi connectivity index (χ2v) is 6.13. The molecule has 1 fully saturated rings. The number of aliphatic imine (C=N–C) groups is 1. The molecule has 0 aliphatic heterocycles. The lowest BCUT2D eigenvalue weighted by atomic mass is 9.83. The maximum atomic E-state index is 5.95. The summed E-state index contributed by atoms with van der Waals surface area (Å²) < 4.78 is 5.30. The van der Waals surface area contributed by atoms with E-state index in [4.69, 9.17) is 10.5 Å². The number of guanidine groups is 1. The fourth-order valence-electron chi connectivity index (χ4n) is 3.04. The summed E-state index contributed by atoms with van der Waals surface area (Å²) in [6.07, 6.45) is 7.75. The van der Waals surface area contributed by atoms with Crippen molar-refractivity contribution in [3.8, 4) is 0 Å². The van der Waals surface area contributed by atoms with Crippen LogP contribution in [0.5, 0.6) is 0 Å². The van der Waals surface area contributed by atoms with Crippen LogP contribution in [-0.2, 0) is 4.74 Å². The van der Waals surface area contributed by atoms with Crippen LogP contribution in [0.2, 0.25) is 0 Å². The Kier molecular flexibility index (Phi) is 13.3. The standard InChI is InChI=1S/C16H34N4O.HI/c1-4-21-12-8-11-18-16(17)19-13-15(20(2)3)14-9-6-5-7-10-14;/h14-15H,4-13H2,1-3H3,(H3,17,18,19);1H. The first-order valence-corrected chi connectivity index (χ1v) is 8.43. The van der Waals surface area contributed by atoms with Crippen molar-refractivity contribution in [2.24, 2.45) is 16.6 Å². The van der Waals surface area contributed by atoms with Crippen LogP contribution >= 0.6 is 24.0 Å². The summed E-state index contributed by atoms with van der Waals surface area (Å²) in [6.45, 7) is 5.18. The topological polar surface area (TPSA) is 62.9 Å². The molecule has 0 saturated heterocycles. The molecule has 3 N–H and O–H groups in total. The van der Waals surface area contributed by atoms with Crippen LogP contribution in [-0.4, -0.2) is 57.3 Å². The minimum atomic E-state index is 0. The molecular weight excluding hydrogens is 391 g/mol. The first-order valence-electron chi connectivity index (χ1n) is 8.43. The normalized spacial score (nSPS) is 18.1. The zero-order chi connectivity index (χ0) is 15.5. The van der Waals surface area contributed by atoms with Gasteiger partial charge in [0.25, 0.3) is 0 Å². The van der Waals surface area contributed by atoms with Crippen LogP contribution in [0.1, 0.15) is 45.4 Å². The summed E-state index contributed by atoms with van der Waals surface area (Å²) in [7, 11) is 4.31. The van der Waals surface area contributed by atoms with Crippen molar-refractivity contribution < 1.29 is 4.74 Å². The Morgan fingerprint density at radius 3 is 2.59 bits per heavy atom. The largest absolute Gasteiger partial charge is 0.382 e. The summed E-state index contributed by atoms with van der Waals surface area (Å²) in [6, 6.07) is 0.508. The number of nitrogens with zero attached hydrogens (tertiary/aromatic N) is 2. The minimum Gasteiger partial charge on any atom is -0.382 e. The molecule has 0 heterocycles. The monoisotopic (exact) mass is 426 g/mol. The van der Waals surface area contributed by atoms with Crippen LogP contribution < -0.4 is 11.1 Å². The van der Waals surface area contributed by atoms with Crippen LogP contribution in [0.4, 0.5) is 0 Å². The number of hydrogen-bond acceptors (Lipinski definition) is 3. The van der Waals surface area contributed by atoms with E-state index in [0.29, 0.717) is 12.0 Å². The molecule has 0 radical (unpaired) electrons. The molecule has 1 rings (SSSR count). The van der Waals surface area contributed by atoms with Gasteiger partial charge >= 0.3 is 0 Å². The van der Waals surface area contributed by atoms with Crippen molar-refractivity contribution in [3.63, 3.8) is 0 Å².